The lowest BCUT2D eigenvalue weighted by atomic mass is 9.91. The first-order chi connectivity index (χ1) is 16.3. The van der Waals surface area contributed by atoms with Crippen LogP contribution in [-0.2, 0) is 4.79 Å². The Balaban J connectivity index is 1.63. The van der Waals surface area contributed by atoms with Gasteiger partial charge in [0.1, 0.15) is 5.15 Å². The largest absolute Gasteiger partial charge is 0.350 e. The zero-order valence-corrected chi connectivity index (χ0v) is 20.0. The molecule has 3 N–H and O–H groups in total. The van der Waals surface area contributed by atoms with E-state index in [4.69, 9.17) is 17.3 Å². The Morgan fingerprint density at radius 3 is 2.29 bits per heavy atom. The van der Waals surface area contributed by atoms with Gasteiger partial charge in [0.15, 0.2) is 6.17 Å². The van der Waals surface area contributed by atoms with Gasteiger partial charge in [-0.3, -0.25) is 14.4 Å². The summed E-state index contributed by atoms with van der Waals surface area (Å²) in [4.78, 5) is 47.5. The van der Waals surface area contributed by atoms with Crippen LogP contribution in [0, 0.1) is 6.92 Å². The Morgan fingerprint density at radius 1 is 1.00 bits per heavy atom. The van der Waals surface area contributed by atoms with Crippen LogP contribution in [0.1, 0.15) is 58.4 Å². The third-order valence-electron chi connectivity index (χ3n) is 6.50. The summed E-state index contributed by atoms with van der Waals surface area (Å²) in [5, 5.41) is 3.36. The van der Waals surface area contributed by atoms with E-state index in [1.165, 1.54) is 22.1 Å². The summed E-state index contributed by atoms with van der Waals surface area (Å²) in [6.07, 6.45) is 4.12. The second kappa shape index (κ2) is 10.5. The van der Waals surface area contributed by atoms with Crippen molar-refractivity contribution in [2.45, 2.75) is 57.3 Å². The Hall–Kier alpha value is -2.97. The van der Waals surface area contributed by atoms with E-state index in [0.717, 1.165) is 31.2 Å². The molecule has 2 heterocycles. The van der Waals surface area contributed by atoms with Crippen molar-refractivity contribution >= 4 is 29.3 Å². The number of aryl methyl sites for hydroxylation is 1. The summed E-state index contributed by atoms with van der Waals surface area (Å²) >= 11 is 5.88. The molecule has 1 saturated heterocycles. The minimum Gasteiger partial charge on any atom is -0.350 e. The summed E-state index contributed by atoms with van der Waals surface area (Å²) in [6.45, 7) is 2.64. The highest BCUT2D eigenvalue weighted by Crippen LogP contribution is 2.23. The summed E-state index contributed by atoms with van der Waals surface area (Å²) < 4.78 is 0. The van der Waals surface area contributed by atoms with E-state index in [2.05, 4.69) is 10.3 Å². The quantitative estimate of drug-likeness (QED) is 0.650. The molecular formula is C25H30ClN5O3. The smallest absolute Gasteiger partial charge is 0.264 e. The maximum atomic E-state index is 13.6. The maximum Gasteiger partial charge on any atom is 0.264 e. The van der Waals surface area contributed by atoms with Gasteiger partial charge in [-0.05, 0) is 63.3 Å². The standard InChI is InChI=1S/C25H30ClN5O3/c1-16-4-2-5-17(14-16)24(33)30-12-3-13-31(25(34)18-6-11-21(26)28-15-18)23(30)22(32)29-20-9-7-19(27)8-10-20/h2,4-6,11,14-15,19-20,23H,3,7-10,12-13,27H2,1H3,(H,29,32). The molecule has 1 unspecified atom stereocenters. The molecule has 2 fully saturated rings. The molecule has 3 amide bonds. The van der Waals surface area contributed by atoms with Gasteiger partial charge in [-0.15, -0.1) is 0 Å². The number of aromatic nitrogens is 1. The van der Waals surface area contributed by atoms with Gasteiger partial charge in [0.05, 0.1) is 5.56 Å². The van der Waals surface area contributed by atoms with Gasteiger partial charge >= 0.3 is 0 Å². The average molecular weight is 484 g/mol. The van der Waals surface area contributed by atoms with Crippen molar-refractivity contribution in [3.63, 3.8) is 0 Å². The third kappa shape index (κ3) is 5.39. The Morgan fingerprint density at radius 2 is 1.68 bits per heavy atom. The predicted octanol–water partition coefficient (Wildman–Crippen LogP) is 2.74. The second-order valence-corrected chi connectivity index (χ2v) is 9.47. The number of carbonyl (C=O) groups is 3. The van der Waals surface area contributed by atoms with E-state index in [0.29, 0.717) is 30.6 Å². The van der Waals surface area contributed by atoms with Crippen LogP contribution in [0.2, 0.25) is 5.15 Å². The maximum absolute atomic E-state index is 13.6. The molecule has 34 heavy (non-hydrogen) atoms. The number of hydrogen-bond acceptors (Lipinski definition) is 5. The van der Waals surface area contributed by atoms with Gasteiger partial charge in [-0.1, -0.05) is 29.3 Å². The fourth-order valence-corrected chi connectivity index (χ4v) is 4.80. The molecule has 0 spiro atoms. The molecule has 1 aliphatic heterocycles. The Kier molecular flexibility index (Phi) is 7.48. The van der Waals surface area contributed by atoms with Crippen molar-refractivity contribution in [3.05, 3.63) is 64.4 Å². The van der Waals surface area contributed by atoms with Crippen LogP contribution in [-0.4, -0.2) is 63.8 Å². The molecular weight excluding hydrogens is 454 g/mol. The Bertz CT molecular complexity index is 1050. The van der Waals surface area contributed by atoms with Gasteiger partial charge in [0.25, 0.3) is 17.7 Å². The molecule has 4 rings (SSSR count). The number of rotatable bonds is 4. The molecule has 1 aromatic heterocycles. The van der Waals surface area contributed by atoms with Gasteiger partial charge in [0.2, 0.25) is 0 Å². The van der Waals surface area contributed by atoms with E-state index in [1.807, 2.05) is 19.1 Å². The normalized spacial score (nSPS) is 22.9. The van der Waals surface area contributed by atoms with Gasteiger partial charge in [0, 0.05) is 36.9 Å². The number of amides is 3. The Labute approximate surface area is 204 Å². The predicted molar refractivity (Wildman–Crippen MR) is 129 cm³/mol. The van der Waals surface area contributed by atoms with Gasteiger partial charge in [-0.25, -0.2) is 4.98 Å². The lowest BCUT2D eigenvalue weighted by Crippen LogP contribution is -2.64. The number of nitrogens with one attached hydrogen (secondary N) is 1. The minimum absolute atomic E-state index is 0.0284. The SMILES string of the molecule is Cc1cccc(C(=O)N2CCCN(C(=O)c3ccc(Cl)nc3)C2C(=O)NC2CCC(N)CC2)c1. The summed E-state index contributed by atoms with van der Waals surface area (Å²) in [7, 11) is 0. The van der Waals surface area contributed by atoms with Crippen molar-refractivity contribution in [2.24, 2.45) is 5.73 Å². The minimum atomic E-state index is -1.06. The van der Waals surface area contributed by atoms with Crippen LogP contribution < -0.4 is 11.1 Å². The monoisotopic (exact) mass is 483 g/mol. The lowest BCUT2D eigenvalue weighted by Gasteiger charge is -2.43. The first-order valence-corrected chi connectivity index (χ1v) is 12.1. The molecule has 1 aliphatic carbocycles. The van der Waals surface area contributed by atoms with Crippen molar-refractivity contribution < 1.29 is 14.4 Å². The second-order valence-electron chi connectivity index (χ2n) is 9.08. The number of hydrogen-bond donors (Lipinski definition) is 2. The zero-order chi connectivity index (χ0) is 24.2. The van der Waals surface area contributed by atoms with Crippen LogP contribution in [0.3, 0.4) is 0 Å². The summed E-state index contributed by atoms with van der Waals surface area (Å²) in [6, 6.07) is 10.5. The van der Waals surface area contributed by atoms with Crippen molar-refractivity contribution in [1.82, 2.24) is 20.1 Å². The van der Waals surface area contributed by atoms with Gasteiger partial charge in [-0.2, -0.15) is 0 Å². The fourth-order valence-electron chi connectivity index (χ4n) is 4.68. The van der Waals surface area contributed by atoms with E-state index in [-0.39, 0.29) is 35.0 Å². The van der Waals surface area contributed by atoms with Crippen molar-refractivity contribution in [3.8, 4) is 0 Å². The average Bonchev–Trinajstić information content (AvgIpc) is 2.84. The molecule has 2 aromatic rings. The summed E-state index contributed by atoms with van der Waals surface area (Å²) in [5.74, 6) is -0.991. The lowest BCUT2D eigenvalue weighted by molar-refractivity contribution is -0.133. The molecule has 180 valence electrons. The number of carbonyl (C=O) groups excluding carboxylic acids is 3. The van der Waals surface area contributed by atoms with E-state index in [1.54, 1.807) is 18.2 Å². The molecule has 8 nitrogen and oxygen atoms in total. The fraction of sp³-hybridized carbons (Fsp3) is 0.440. The van der Waals surface area contributed by atoms with Crippen LogP contribution in [0.5, 0.6) is 0 Å². The highest BCUT2D eigenvalue weighted by atomic mass is 35.5. The summed E-state index contributed by atoms with van der Waals surface area (Å²) in [5.41, 5.74) is 7.76. The first-order valence-electron chi connectivity index (χ1n) is 11.7. The van der Waals surface area contributed by atoms with Crippen LogP contribution >= 0.6 is 11.6 Å². The number of benzene rings is 1. The molecule has 0 bridgehead atoms. The van der Waals surface area contributed by atoms with E-state index >= 15 is 0 Å². The molecule has 1 saturated carbocycles. The zero-order valence-electron chi connectivity index (χ0n) is 19.2. The highest BCUT2D eigenvalue weighted by molar-refractivity contribution is 6.29. The molecule has 1 atom stereocenters. The molecule has 2 aliphatic rings. The van der Waals surface area contributed by atoms with Crippen LogP contribution in [0.15, 0.2) is 42.6 Å². The van der Waals surface area contributed by atoms with Crippen LogP contribution in [0.4, 0.5) is 0 Å². The number of halogens is 1. The molecule has 9 heteroatoms. The molecule has 1 aromatic carbocycles. The number of pyridine rings is 1. The van der Waals surface area contributed by atoms with Crippen LogP contribution in [0.25, 0.3) is 0 Å². The number of nitrogens with two attached hydrogens (primary N) is 1. The molecule has 0 radical (unpaired) electrons. The van der Waals surface area contributed by atoms with E-state index < -0.39 is 6.17 Å². The van der Waals surface area contributed by atoms with Crippen molar-refractivity contribution in [2.75, 3.05) is 13.1 Å². The first kappa shape index (κ1) is 24.2. The topological polar surface area (TPSA) is 109 Å². The van der Waals surface area contributed by atoms with Gasteiger partial charge < -0.3 is 20.9 Å². The van der Waals surface area contributed by atoms with E-state index in [9.17, 15) is 14.4 Å². The van der Waals surface area contributed by atoms with Crippen molar-refractivity contribution in [1.29, 1.82) is 0 Å². The number of nitrogens with zero attached hydrogens (tertiary/aromatic N) is 3. The third-order valence-corrected chi connectivity index (χ3v) is 6.73. The highest BCUT2D eigenvalue weighted by Gasteiger charge is 2.41.